The molecule has 2 unspecified atom stereocenters. The van der Waals surface area contributed by atoms with Gasteiger partial charge in [0.15, 0.2) is 6.04 Å². The summed E-state index contributed by atoms with van der Waals surface area (Å²) in [6.07, 6.45) is -0.880. The van der Waals surface area contributed by atoms with E-state index in [9.17, 15) is 9.59 Å². The maximum atomic E-state index is 10.7. The van der Waals surface area contributed by atoms with Crippen molar-refractivity contribution in [3.8, 4) is 0 Å². The van der Waals surface area contributed by atoms with Crippen LogP contribution >= 0.6 is 0 Å². The van der Waals surface area contributed by atoms with Crippen molar-refractivity contribution in [2.75, 3.05) is 0 Å². The summed E-state index contributed by atoms with van der Waals surface area (Å²) in [5.41, 5.74) is 0. The fourth-order valence-electron chi connectivity index (χ4n) is 0.664. The lowest BCUT2D eigenvalue weighted by Crippen LogP contribution is -2.47. The molecule has 0 aliphatic carbocycles. The second kappa shape index (κ2) is 4.71. The van der Waals surface area contributed by atoms with Crippen molar-refractivity contribution < 1.29 is 19.8 Å². The minimum Gasteiger partial charge on any atom is -0.480 e. The molecule has 0 spiro atoms. The number of rotatable bonds is 4. The number of aliphatic hydroxyl groups is 1. The summed E-state index contributed by atoms with van der Waals surface area (Å²) in [6.45, 7) is 2.92. The Morgan fingerprint density at radius 2 is 2.00 bits per heavy atom. The Bertz CT molecular complexity index is 178. The maximum Gasteiger partial charge on any atom is 0.328 e. The minimum absolute atomic E-state index is 0.205. The number of hydrogen-bond acceptors (Lipinski definition) is 3. The van der Waals surface area contributed by atoms with Gasteiger partial charge in [0.1, 0.15) is 0 Å². The quantitative estimate of drug-likeness (QED) is 0.529. The highest BCUT2D eigenvalue weighted by molar-refractivity contribution is 5.83. The van der Waals surface area contributed by atoms with E-state index >= 15 is 0 Å². The molecule has 70 valence electrons. The summed E-state index contributed by atoms with van der Waals surface area (Å²) in [5, 5.41) is 19.6. The van der Waals surface area contributed by atoms with Crippen molar-refractivity contribution in [2.45, 2.75) is 32.4 Å². The molecule has 0 radical (unpaired) electrons. The van der Waals surface area contributed by atoms with Crippen LogP contribution in [0.5, 0.6) is 0 Å². The van der Waals surface area contributed by atoms with Crippen molar-refractivity contribution in [1.29, 1.82) is 0 Å². The highest BCUT2D eigenvalue weighted by Gasteiger charge is 2.23. The van der Waals surface area contributed by atoms with E-state index < -0.39 is 18.1 Å². The molecule has 0 saturated heterocycles. The molecule has 0 aromatic rings. The van der Waals surface area contributed by atoms with Crippen LogP contribution in [-0.4, -0.2) is 34.2 Å². The first-order valence-corrected chi connectivity index (χ1v) is 3.69. The number of carboxylic acids is 1. The monoisotopic (exact) mass is 175 g/mol. The molecule has 5 heteroatoms. The summed E-state index contributed by atoms with van der Waals surface area (Å²) in [5.74, 6) is -1.62. The van der Waals surface area contributed by atoms with E-state index in [1.54, 1.807) is 6.92 Å². The Hall–Kier alpha value is -1.10. The van der Waals surface area contributed by atoms with Crippen LogP contribution in [0.3, 0.4) is 0 Å². The average Bonchev–Trinajstić information content (AvgIpc) is 1.98. The predicted octanol–water partition coefficient (Wildman–Crippen LogP) is -0.653. The number of nitrogens with one attached hydrogen (secondary N) is 1. The summed E-state index contributed by atoms with van der Waals surface area (Å²) in [7, 11) is 0. The van der Waals surface area contributed by atoms with Gasteiger partial charge >= 0.3 is 5.97 Å². The molecule has 0 aliphatic heterocycles. The molecule has 2 atom stereocenters. The summed E-state index contributed by atoms with van der Waals surface area (Å²) in [6, 6.07) is -1.21. The Morgan fingerprint density at radius 1 is 1.50 bits per heavy atom. The van der Waals surface area contributed by atoms with Gasteiger partial charge in [0.25, 0.3) is 0 Å². The van der Waals surface area contributed by atoms with E-state index in [0.717, 1.165) is 0 Å². The van der Waals surface area contributed by atoms with E-state index in [1.807, 2.05) is 0 Å². The maximum absolute atomic E-state index is 10.7. The predicted molar refractivity (Wildman–Crippen MR) is 41.5 cm³/mol. The zero-order valence-electron chi connectivity index (χ0n) is 7.07. The summed E-state index contributed by atoms with van der Waals surface area (Å²) < 4.78 is 0. The molecule has 0 aliphatic rings. The van der Waals surface area contributed by atoms with Gasteiger partial charge < -0.3 is 15.5 Å². The first-order chi connectivity index (χ1) is 5.49. The fourth-order valence-corrected chi connectivity index (χ4v) is 0.664. The lowest BCUT2D eigenvalue weighted by Gasteiger charge is -2.16. The van der Waals surface area contributed by atoms with Crippen LogP contribution in [-0.2, 0) is 9.59 Å². The zero-order valence-corrected chi connectivity index (χ0v) is 7.07. The average molecular weight is 175 g/mol. The molecule has 0 fully saturated rings. The summed E-state index contributed by atoms with van der Waals surface area (Å²) in [4.78, 5) is 21.2. The largest absolute Gasteiger partial charge is 0.480 e. The third-order valence-electron chi connectivity index (χ3n) is 1.39. The standard InChI is InChI=1S/C7H13NO4/c1-3-5(10)8-6(4(2)9)7(11)12/h4,6,9H,3H2,1-2H3,(H,8,10)(H,11,12). The van der Waals surface area contributed by atoms with Crippen molar-refractivity contribution in [3.05, 3.63) is 0 Å². The van der Waals surface area contributed by atoms with E-state index in [-0.39, 0.29) is 12.3 Å². The lowest BCUT2D eigenvalue weighted by atomic mass is 10.2. The number of aliphatic carboxylic acids is 1. The number of aliphatic hydroxyl groups excluding tert-OH is 1. The van der Waals surface area contributed by atoms with Crippen molar-refractivity contribution in [3.63, 3.8) is 0 Å². The highest BCUT2D eigenvalue weighted by Crippen LogP contribution is 1.93. The number of carboxylic acid groups (broad SMARTS) is 1. The molecule has 0 bridgehead atoms. The van der Waals surface area contributed by atoms with E-state index in [0.29, 0.717) is 0 Å². The van der Waals surface area contributed by atoms with Crippen LogP contribution in [0.2, 0.25) is 0 Å². The molecule has 3 N–H and O–H groups in total. The molecule has 5 nitrogen and oxygen atoms in total. The Morgan fingerprint density at radius 3 is 2.25 bits per heavy atom. The van der Waals surface area contributed by atoms with Gasteiger partial charge in [0.2, 0.25) is 5.91 Å². The van der Waals surface area contributed by atoms with Gasteiger partial charge in [-0.15, -0.1) is 0 Å². The highest BCUT2D eigenvalue weighted by atomic mass is 16.4. The second-order valence-electron chi connectivity index (χ2n) is 2.48. The van der Waals surface area contributed by atoms with Gasteiger partial charge in [-0.1, -0.05) is 6.92 Å². The van der Waals surface area contributed by atoms with Gasteiger partial charge in [0.05, 0.1) is 6.10 Å². The molecule has 0 heterocycles. The number of carbonyl (C=O) groups is 2. The third-order valence-corrected chi connectivity index (χ3v) is 1.39. The lowest BCUT2D eigenvalue weighted by molar-refractivity contribution is -0.144. The SMILES string of the molecule is CCC(=O)NC(C(=O)O)C(C)O. The molecule has 12 heavy (non-hydrogen) atoms. The van der Waals surface area contributed by atoms with E-state index in [1.165, 1.54) is 6.92 Å². The summed E-state index contributed by atoms with van der Waals surface area (Å²) >= 11 is 0. The van der Waals surface area contributed by atoms with Gasteiger partial charge in [0, 0.05) is 6.42 Å². The second-order valence-corrected chi connectivity index (χ2v) is 2.48. The molecular weight excluding hydrogens is 162 g/mol. The molecular formula is C7H13NO4. The van der Waals surface area contributed by atoms with Gasteiger partial charge in [-0.3, -0.25) is 4.79 Å². The zero-order chi connectivity index (χ0) is 9.72. The van der Waals surface area contributed by atoms with Gasteiger partial charge in [-0.25, -0.2) is 4.79 Å². The van der Waals surface area contributed by atoms with E-state index in [4.69, 9.17) is 10.2 Å². The smallest absolute Gasteiger partial charge is 0.328 e. The van der Waals surface area contributed by atoms with Crippen LogP contribution in [0.4, 0.5) is 0 Å². The Balaban J connectivity index is 4.14. The Kier molecular flexibility index (Phi) is 4.28. The normalized spacial score (nSPS) is 14.9. The van der Waals surface area contributed by atoms with E-state index in [2.05, 4.69) is 5.32 Å². The molecule has 0 aromatic heterocycles. The Labute approximate surface area is 70.4 Å². The van der Waals surface area contributed by atoms with Crippen molar-refractivity contribution >= 4 is 11.9 Å². The van der Waals surface area contributed by atoms with Crippen molar-refractivity contribution in [2.24, 2.45) is 0 Å². The number of hydrogen-bond donors (Lipinski definition) is 3. The van der Waals surface area contributed by atoms with Crippen LogP contribution in [0.15, 0.2) is 0 Å². The van der Waals surface area contributed by atoms with Crippen molar-refractivity contribution in [1.82, 2.24) is 5.32 Å². The van der Waals surface area contributed by atoms with Crippen LogP contribution in [0, 0.1) is 0 Å². The fraction of sp³-hybridized carbons (Fsp3) is 0.714. The molecule has 0 aromatic carbocycles. The third kappa shape index (κ3) is 3.34. The first kappa shape index (κ1) is 10.9. The van der Waals surface area contributed by atoms with Crippen LogP contribution in [0.1, 0.15) is 20.3 Å². The molecule has 0 rings (SSSR count). The van der Waals surface area contributed by atoms with Gasteiger partial charge in [-0.05, 0) is 6.92 Å². The van der Waals surface area contributed by atoms with Crippen LogP contribution < -0.4 is 5.32 Å². The molecule has 0 saturated carbocycles. The molecule has 1 amide bonds. The number of amides is 1. The van der Waals surface area contributed by atoms with Crippen LogP contribution in [0.25, 0.3) is 0 Å². The number of carbonyl (C=O) groups excluding carboxylic acids is 1. The topological polar surface area (TPSA) is 86.6 Å². The first-order valence-electron chi connectivity index (χ1n) is 3.69. The van der Waals surface area contributed by atoms with Gasteiger partial charge in [-0.2, -0.15) is 0 Å². The minimum atomic E-state index is -1.23.